The third-order valence-corrected chi connectivity index (χ3v) is 3.97. The van der Waals surface area contributed by atoms with E-state index in [1.54, 1.807) is 0 Å². The molecule has 0 N–H and O–H groups in total. The fraction of sp³-hybridized carbons (Fsp3) is 0.200. The summed E-state index contributed by atoms with van der Waals surface area (Å²) < 4.78 is 6.94. The summed E-state index contributed by atoms with van der Waals surface area (Å²) >= 11 is 2.31. The quantitative estimate of drug-likeness (QED) is 0.451. The monoisotopic (exact) mass is 418 g/mol. The third kappa shape index (κ3) is 6.20. The predicted octanol–water partition coefficient (Wildman–Crippen LogP) is 4.81. The van der Waals surface area contributed by atoms with Gasteiger partial charge in [-0.2, -0.15) is 0 Å². The van der Waals surface area contributed by atoms with E-state index in [1.165, 1.54) is 3.57 Å². The van der Waals surface area contributed by atoms with Gasteiger partial charge in [0.1, 0.15) is 12.4 Å². The van der Waals surface area contributed by atoms with Crippen LogP contribution in [0.4, 0.5) is 0 Å². The van der Waals surface area contributed by atoms with Gasteiger partial charge < -0.3 is 4.74 Å². The van der Waals surface area contributed by atoms with Gasteiger partial charge in [-0.1, -0.05) is 36.4 Å². The van der Waals surface area contributed by atoms with Crippen molar-refractivity contribution < 1.29 is 4.74 Å². The lowest BCUT2D eigenvalue weighted by atomic mass is 10.1. The summed E-state index contributed by atoms with van der Waals surface area (Å²) in [6.45, 7) is 6.10. The molecule has 1 radical (unpaired) electrons. The van der Waals surface area contributed by atoms with Crippen molar-refractivity contribution in [2.24, 2.45) is 0 Å². The van der Waals surface area contributed by atoms with Crippen LogP contribution >= 0.6 is 22.6 Å². The number of benzene rings is 2. The summed E-state index contributed by atoms with van der Waals surface area (Å²) in [6.07, 6.45) is 6.05. The van der Waals surface area contributed by atoms with E-state index in [0.29, 0.717) is 6.61 Å². The van der Waals surface area contributed by atoms with Crippen LogP contribution < -0.4 is 4.74 Å². The van der Waals surface area contributed by atoms with Crippen LogP contribution in [0.1, 0.15) is 0 Å². The van der Waals surface area contributed by atoms with Gasteiger partial charge in [0.2, 0.25) is 0 Å². The summed E-state index contributed by atoms with van der Waals surface area (Å²) in [5.74, 6) is 0.878. The lowest BCUT2D eigenvalue weighted by Crippen LogP contribution is -2.17. The number of rotatable bonds is 8. The summed E-state index contributed by atoms with van der Waals surface area (Å²) in [5, 5.41) is 0. The number of halogens is 1. The molecule has 0 saturated heterocycles. The molecule has 0 atom stereocenters. The maximum Gasteiger partial charge on any atom is 0.119 e. The highest BCUT2D eigenvalue weighted by Gasteiger charge is 1.99. The van der Waals surface area contributed by atoms with E-state index in [2.05, 4.69) is 71.5 Å². The Balaban J connectivity index is 1.83. The lowest BCUT2D eigenvalue weighted by Gasteiger charge is -2.10. The van der Waals surface area contributed by atoms with Gasteiger partial charge in [0.05, 0.1) is 0 Å². The van der Waals surface area contributed by atoms with E-state index in [9.17, 15) is 0 Å². The number of hydrogen-bond acceptors (Lipinski definition) is 2. The van der Waals surface area contributed by atoms with Crippen LogP contribution in [0, 0.1) is 9.64 Å². The Morgan fingerprint density at radius 1 is 1.17 bits per heavy atom. The van der Waals surface area contributed by atoms with E-state index in [-0.39, 0.29) is 0 Å². The Labute approximate surface area is 152 Å². The molecule has 2 nitrogen and oxygen atoms in total. The smallest absolute Gasteiger partial charge is 0.119 e. The number of nitrogens with zero attached hydrogens (tertiary/aromatic N) is 1. The van der Waals surface area contributed by atoms with Crippen LogP contribution in [0.2, 0.25) is 0 Å². The Hall–Kier alpha value is -1.59. The molecule has 2 aromatic rings. The molecule has 119 valence electrons. The molecular formula is C20H21INO. The van der Waals surface area contributed by atoms with Gasteiger partial charge in [-0.15, -0.1) is 6.58 Å². The van der Waals surface area contributed by atoms with Crippen LogP contribution in [0.3, 0.4) is 0 Å². The van der Waals surface area contributed by atoms with Crippen molar-refractivity contribution in [2.75, 3.05) is 26.7 Å². The highest BCUT2D eigenvalue weighted by atomic mass is 127. The van der Waals surface area contributed by atoms with Crippen molar-refractivity contribution in [3.8, 4) is 16.9 Å². The number of hydrogen-bond donors (Lipinski definition) is 0. The Kier molecular flexibility index (Phi) is 7.36. The molecule has 0 amide bonds. The second kappa shape index (κ2) is 9.53. The van der Waals surface area contributed by atoms with Gasteiger partial charge >= 0.3 is 0 Å². The van der Waals surface area contributed by atoms with Crippen LogP contribution in [-0.4, -0.2) is 31.6 Å². The molecule has 2 rings (SSSR count). The molecule has 0 aliphatic heterocycles. The van der Waals surface area contributed by atoms with Crippen LogP contribution in [0.15, 0.2) is 67.3 Å². The molecule has 0 unspecified atom stereocenters. The van der Waals surface area contributed by atoms with E-state index in [0.717, 1.165) is 30.0 Å². The Morgan fingerprint density at radius 3 is 2.65 bits per heavy atom. The summed E-state index contributed by atoms with van der Waals surface area (Å²) in [5.41, 5.74) is 2.26. The van der Waals surface area contributed by atoms with E-state index in [4.69, 9.17) is 4.74 Å². The zero-order chi connectivity index (χ0) is 16.5. The van der Waals surface area contributed by atoms with Crippen molar-refractivity contribution in [1.29, 1.82) is 0 Å². The van der Waals surface area contributed by atoms with Crippen molar-refractivity contribution in [1.82, 2.24) is 4.90 Å². The molecule has 0 fully saturated rings. The Bertz CT molecular complexity index is 649. The predicted molar refractivity (Wildman–Crippen MR) is 106 cm³/mol. The molecule has 0 aromatic heterocycles. The fourth-order valence-corrected chi connectivity index (χ4v) is 2.59. The van der Waals surface area contributed by atoms with Crippen molar-refractivity contribution in [2.45, 2.75) is 0 Å². The fourth-order valence-electron chi connectivity index (χ4n) is 2.10. The first-order valence-electron chi connectivity index (χ1n) is 7.54. The van der Waals surface area contributed by atoms with Gasteiger partial charge in [0.15, 0.2) is 0 Å². The zero-order valence-electron chi connectivity index (χ0n) is 13.3. The maximum absolute atomic E-state index is 5.73. The summed E-state index contributed by atoms with van der Waals surface area (Å²) in [4.78, 5) is 2.18. The highest BCUT2D eigenvalue weighted by Crippen LogP contribution is 2.23. The molecule has 0 saturated carbocycles. The van der Waals surface area contributed by atoms with E-state index in [1.807, 2.05) is 36.4 Å². The molecule has 3 heteroatoms. The topological polar surface area (TPSA) is 12.5 Å². The Morgan fingerprint density at radius 2 is 1.96 bits per heavy atom. The summed E-state index contributed by atoms with van der Waals surface area (Å²) in [6, 6.07) is 17.5. The van der Waals surface area contributed by atoms with E-state index < -0.39 is 0 Å². The van der Waals surface area contributed by atoms with Crippen LogP contribution in [0.5, 0.6) is 5.75 Å². The van der Waals surface area contributed by atoms with Crippen molar-refractivity contribution >= 4 is 22.6 Å². The first-order valence-corrected chi connectivity index (χ1v) is 8.62. The molecule has 0 aliphatic carbocycles. The first-order chi connectivity index (χ1) is 11.2. The second-order valence-electron chi connectivity index (χ2n) is 5.24. The van der Waals surface area contributed by atoms with Crippen LogP contribution in [0.25, 0.3) is 11.1 Å². The number of likely N-dealkylation sites (N-methyl/N-ethyl adjacent to an activating group) is 1. The first kappa shape index (κ1) is 17.8. The molecule has 23 heavy (non-hydrogen) atoms. The standard InChI is InChI=1S/C20H21INO/c1-3-13-22(2)14-4-5-15-23-20-11-9-17(10-12-20)18-7-6-8-19(21)16-18/h3-6,8-12,16H,1,13-15H2,2H3/b5-4+. The van der Waals surface area contributed by atoms with E-state index >= 15 is 0 Å². The minimum atomic E-state index is 0.580. The molecular weight excluding hydrogens is 397 g/mol. The second-order valence-corrected chi connectivity index (χ2v) is 6.48. The highest BCUT2D eigenvalue weighted by molar-refractivity contribution is 14.1. The van der Waals surface area contributed by atoms with Gasteiger partial charge in [0.25, 0.3) is 0 Å². The van der Waals surface area contributed by atoms with Gasteiger partial charge in [0, 0.05) is 16.7 Å². The molecule has 0 spiro atoms. The maximum atomic E-state index is 5.73. The lowest BCUT2D eigenvalue weighted by molar-refractivity contribution is 0.360. The SMILES string of the molecule is C=CCN(C)C/C=C/COc1ccc(-c2[c]ccc(I)c2)cc1. The average molecular weight is 418 g/mol. The molecule has 0 heterocycles. The molecule has 2 aromatic carbocycles. The minimum absolute atomic E-state index is 0.580. The van der Waals surface area contributed by atoms with Crippen LogP contribution in [-0.2, 0) is 0 Å². The number of ether oxygens (including phenoxy) is 1. The molecule has 0 bridgehead atoms. The third-order valence-electron chi connectivity index (χ3n) is 3.30. The van der Waals surface area contributed by atoms with Gasteiger partial charge in [-0.3, -0.25) is 4.90 Å². The van der Waals surface area contributed by atoms with Gasteiger partial charge in [-0.25, -0.2) is 0 Å². The zero-order valence-corrected chi connectivity index (χ0v) is 15.5. The minimum Gasteiger partial charge on any atom is -0.490 e. The largest absolute Gasteiger partial charge is 0.490 e. The summed E-state index contributed by atoms with van der Waals surface area (Å²) in [7, 11) is 2.06. The van der Waals surface area contributed by atoms with Crippen molar-refractivity contribution in [3.05, 3.63) is 76.9 Å². The van der Waals surface area contributed by atoms with Crippen molar-refractivity contribution in [3.63, 3.8) is 0 Å². The molecule has 0 aliphatic rings. The van der Waals surface area contributed by atoms with Gasteiger partial charge in [-0.05, 0) is 71.1 Å². The average Bonchev–Trinajstić information content (AvgIpc) is 2.55. The normalized spacial score (nSPS) is 11.1.